The number of tetrazole rings is 1. The second-order valence-corrected chi connectivity index (χ2v) is 8.47. The fourth-order valence-electron chi connectivity index (χ4n) is 3.42. The molecule has 0 aliphatic heterocycles. The van der Waals surface area contributed by atoms with Gasteiger partial charge in [-0.15, -0.1) is 16.4 Å². The van der Waals surface area contributed by atoms with Crippen LogP contribution in [0.15, 0.2) is 96.5 Å². The van der Waals surface area contributed by atoms with Gasteiger partial charge in [0.15, 0.2) is 5.82 Å². The van der Waals surface area contributed by atoms with E-state index in [9.17, 15) is 4.79 Å². The van der Waals surface area contributed by atoms with Gasteiger partial charge in [-0.2, -0.15) is 4.68 Å². The lowest BCUT2D eigenvalue weighted by atomic mass is 10.1. The Balaban J connectivity index is 1.44. The number of benzene rings is 2. The first-order valence-electron chi connectivity index (χ1n) is 10.9. The molecule has 0 aliphatic carbocycles. The Morgan fingerprint density at radius 3 is 2.60 bits per heavy atom. The third-order valence-corrected chi connectivity index (χ3v) is 5.88. The Hall–Kier alpha value is -4.69. The molecule has 3 heterocycles. The summed E-state index contributed by atoms with van der Waals surface area (Å²) >= 11 is 1.53. The van der Waals surface area contributed by atoms with Crippen molar-refractivity contribution in [3.63, 3.8) is 0 Å². The minimum absolute atomic E-state index is 0.311. The highest BCUT2D eigenvalue weighted by Gasteiger charge is 2.19. The molecule has 0 unspecified atom stereocenters. The van der Waals surface area contributed by atoms with Crippen LogP contribution in [-0.4, -0.2) is 31.1 Å². The van der Waals surface area contributed by atoms with Gasteiger partial charge < -0.3 is 5.32 Å². The number of aromatic nitrogens is 5. The number of nitrogens with zero attached hydrogens (tertiary/aromatic N) is 5. The number of thiophene rings is 1. The first kappa shape index (κ1) is 22.1. The lowest BCUT2D eigenvalue weighted by Crippen LogP contribution is -2.19. The van der Waals surface area contributed by atoms with E-state index in [4.69, 9.17) is 0 Å². The Kier molecular flexibility index (Phi) is 6.63. The summed E-state index contributed by atoms with van der Waals surface area (Å²) in [6, 6.07) is 26.7. The molecule has 3 aromatic heterocycles. The van der Waals surface area contributed by atoms with Gasteiger partial charge in [-0.1, -0.05) is 60.7 Å². The normalized spacial score (nSPS) is 11.6. The first-order chi connectivity index (χ1) is 17.3. The van der Waals surface area contributed by atoms with Crippen LogP contribution < -0.4 is 5.32 Å². The smallest absolute Gasteiger partial charge is 0.274 e. The standard InChI is InChI=1S/C27H20N6OS/c34-27(29-23-12-6-8-20(18-23)14-15-22-11-4-5-16-28-22)25(19-24-13-7-17-35-24)33-26(30-31-32-33)21-9-2-1-3-10-21/h1-19H,(H,29,34)/b15-14+,25-19-. The van der Waals surface area contributed by atoms with Gasteiger partial charge in [0.2, 0.25) is 0 Å². The molecule has 5 rings (SSSR count). The summed E-state index contributed by atoms with van der Waals surface area (Å²) in [5, 5.41) is 17.1. The molecule has 0 saturated carbocycles. The molecule has 0 saturated heterocycles. The van der Waals surface area contributed by atoms with Crippen LogP contribution in [0.1, 0.15) is 16.1 Å². The largest absolute Gasteiger partial charge is 0.321 e. The molecule has 1 amide bonds. The van der Waals surface area contributed by atoms with E-state index in [1.54, 1.807) is 12.3 Å². The highest BCUT2D eigenvalue weighted by Crippen LogP contribution is 2.23. The number of rotatable bonds is 7. The molecule has 0 bridgehead atoms. The number of carbonyl (C=O) groups excluding carboxylic acids is 1. The maximum atomic E-state index is 13.5. The van der Waals surface area contributed by atoms with Crippen molar-refractivity contribution in [2.24, 2.45) is 0 Å². The van der Waals surface area contributed by atoms with E-state index in [2.05, 4.69) is 25.8 Å². The van der Waals surface area contributed by atoms with Crippen molar-refractivity contribution in [1.29, 1.82) is 0 Å². The fraction of sp³-hybridized carbons (Fsp3) is 0. The zero-order valence-electron chi connectivity index (χ0n) is 18.5. The average Bonchev–Trinajstić information content (AvgIpc) is 3.60. The van der Waals surface area contributed by atoms with E-state index < -0.39 is 0 Å². The maximum Gasteiger partial charge on any atom is 0.274 e. The lowest BCUT2D eigenvalue weighted by molar-refractivity contribution is -0.111. The van der Waals surface area contributed by atoms with Crippen LogP contribution in [0.25, 0.3) is 35.3 Å². The van der Waals surface area contributed by atoms with Crippen LogP contribution in [0.5, 0.6) is 0 Å². The predicted octanol–water partition coefficient (Wildman–Crippen LogP) is 5.60. The quantitative estimate of drug-likeness (QED) is 0.309. The second kappa shape index (κ2) is 10.5. The minimum atomic E-state index is -0.325. The van der Waals surface area contributed by atoms with Crippen molar-refractivity contribution >= 4 is 46.9 Å². The van der Waals surface area contributed by atoms with Gasteiger partial charge in [-0.05, 0) is 63.9 Å². The molecule has 2 aromatic carbocycles. The molecule has 170 valence electrons. The van der Waals surface area contributed by atoms with Crippen molar-refractivity contribution < 1.29 is 4.79 Å². The first-order valence-corrected chi connectivity index (χ1v) is 11.7. The van der Waals surface area contributed by atoms with Crippen molar-refractivity contribution in [3.8, 4) is 11.4 Å². The summed E-state index contributed by atoms with van der Waals surface area (Å²) in [5.41, 5.74) is 3.57. The topological polar surface area (TPSA) is 85.6 Å². The second-order valence-electron chi connectivity index (χ2n) is 7.49. The van der Waals surface area contributed by atoms with Crippen molar-refractivity contribution in [1.82, 2.24) is 25.2 Å². The number of anilines is 1. The lowest BCUT2D eigenvalue weighted by Gasteiger charge is -2.11. The Bertz CT molecular complexity index is 1470. The van der Waals surface area contributed by atoms with Gasteiger partial charge in [0.25, 0.3) is 5.91 Å². The van der Waals surface area contributed by atoms with Crippen LogP contribution in [-0.2, 0) is 4.79 Å². The molecule has 0 fully saturated rings. The minimum Gasteiger partial charge on any atom is -0.321 e. The highest BCUT2D eigenvalue weighted by molar-refractivity contribution is 7.10. The van der Waals surface area contributed by atoms with Crippen LogP contribution in [0.2, 0.25) is 0 Å². The Morgan fingerprint density at radius 2 is 1.80 bits per heavy atom. The molecule has 8 heteroatoms. The zero-order valence-corrected chi connectivity index (χ0v) is 19.3. The van der Waals surface area contributed by atoms with E-state index in [1.807, 2.05) is 102 Å². The number of hydrogen-bond acceptors (Lipinski definition) is 6. The van der Waals surface area contributed by atoms with E-state index in [1.165, 1.54) is 16.0 Å². The Morgan fingerprint density at radius 1 is 0.914 bits per heavy atom. The summed E-state index contributed by atoms with van der Waals surface area (Å²) in [6.07, 6.45) is 7.42. The predicted molar refractivity (Wildman–Crippen MR) is 140 cm³/mol. The molecule has 0 aliphatic rings. The van der Waals surface area contributed by atoms with Gasteiger partial charge in [0.1, 0.15) is 5.70 Å². The third kappa shape index (κ3) is 5.45. The number of nitrogens with one attached hydrogen (secondary N) is 1. The average molecular weight is 477 g/mol. The van der Waals surface area contributed by atoms with Gasteiger partial charge in [0.05, 0.1) is 5.69 Å². The zero-order chi connectivity index (χ0) is 23.9. The monoisotopic (exact) mass is 476 g/mol. The molecule has 7 nitrogen and oxygen atoms in total. The van der Waals surface area contributed by atoms with E-state index in [-0.39, 0.29) is 5.91 Å². The van der Waals surface area contributed by atoms with Gasteiger partial charge in [0, 0.05) is 22.3 Å². The van der Waals surface area contributed by atoms with E-state index in [0.29, 0.717) is 17.2 Å². The van der Waals surface area contributed by atoms with E-state index in [0.717, 1.165) is 21.7 Å². The summed E-state index contributed by atoms with van der Waals surface area (Å²) in [6.45, 7) is 0. The SMILES string of the molecule is O=C(Nc1cccc(/C=C/c2ccccn2)c1)/C(=C/c1cccs1)n1nnnc1-c1ccccc1. The van der Waals surface area contributed by atoms with Crippen LogP contribution in [0, 0.1) is 0 Å². The van der Waals surface area contributed by atoms with E-state index >= 15 is 0 Å². The van der Waals surface area contributed by atoms with Crippen molar-refractivity contribution in [2.75, 3.05) is 5.32 Å². The van der Waals surface area contributed by atoms with Crippen molar-refractivity contribution in [2.45, 2.75) is 0 Å². The summed E-state index contributed by atoms with van der Waals surface area (Å²) in [4.78, 5) is 18.7. The Labute approximate surface area is 206 Å². The van der Waals surface area contributed by atoms with Crippen LogP contribution in [0.4, 0.5) is 5.69 Å². The number of hydrogen-bond donors (Lipinski definition) is 1. The van der Waals surface area contributed by atoms with Gasteiger partial charge >= 0.3 is 0 Å². The number of pyridine rings is 1. The van der Waals surface area contributed by atoms with Crippen molar-refractivity contribution in [3.05, 3.63) is 113 Å². The molecular weight excluding hydrogens is 456 g/mol. The summed E-state index contributed by atoms with van der Waals surface area (Å²) in [7, 11) is 0. The molecular formula is C27H20N6OS. The number of carbonyl (C=O) groups is 1. The summed E-state index contributed by atoms with van der Waals surface area (Å²) < 4.78 is 1.47. The molecule has 0 atom stereocenters. The van der Waals surface area contributed by atoms with Gasteiger partial charge in [-0.25, -0.2) is 0 Å². The highest BCUT2D eigenvalue weighted by atomic mass is 32.1. The summed E-state index contributed by atoms with van der Waals surface area (Å²) in [5.74, 6) is 0.157. The van der Waals surface area contributed by atoms with Crippen LogP contribution >= 0.6 is 11.3 Å². The number of amides is 1. The molecule has 5 aromatic rings. The third-order valence-electron chi connectivity index (χ3n) is 5.06. The van der Waals surface area contributed by atoms with Crippen LogP contribution in [0.3, 0.4) is 0 Å². The molecule has 0 spiro atoms. The fourth-order valence-corrected chi connectivity index (χ4v) is 4.07. The molecule has 1 N–H and O–H groups in total. The van der Waals surface area contributed by atoms with Gasteiger partial charge in [-0.3, -0.25) is 9.78 Å². The molecule has 0 radical (unpaired) electrons. The maximum absolute atomic E-state index is 13.5. The molecule has 35 heavy (non-hydrogen) atoms.